The molecule has 0 spiro atoms. The lowest BCUT2D eigenvalue weighted by Crippen LogP contribution is -2.58. The molecule has 0 aromatic rings. The van der Waals surface area contributed by atoms with E-state index in [2.05, 4.69) is 13.8 Å². The Hall–Kier alpha value is -0.410. The minimum atomic E-state index is -0.524. The molecule has 0 bridgehead atoms. The number of hydrogen-bond donors (Lipinski definition) is 2. The van der Waals surface area contributed by atoms with Crippen LogP contribution < -0.4 is 0 Å². The molecule has 4 aliphatic carbocycles. The number of aldehydes is 1. The van der Waals surface area contributed by atoms with Crippen LogP contribution in [0.15, 0.2) is 0 Å². The molecule has 4 rings (SSSR count). The minimum absolute atomic E-state index is 0.200. The Labute approximate surface area is 146 Å². The van der Waals surface area contributed by atoms with Crippen molar-refractivity contribution >= 4 is 6.29 Å². The highest BCUT2D eigenvalue weighted by molar-refractivity contribution is 5.50. The van der Waals surface area contributed by atoms with Gasteiger partial charge in [-0.1, -0.05) is 13.8 Å². The summed E-state index contributed by atoms with van der Waals surface area (Å²) in [6, 6.07) is 0. The topological polar surface area (TPSA) is 57.5 Å². The van der Waals surface area contributed by atoms with Crippen molar-refractivity contribution in [1.82, 2.24) is 0 Å². The van der Waals surface area contributed by atoms with Gasteiger partial charge in [-0.3, -0.25) is 0 Å². The third kappa shape index (κ3) is 2.19. The Morgan fingerprint density at radius 2 is 1.54 bits per heavy atom. The molecule has 0 saturated heterocycles. The van der Waals surface area contributed by atoms with Gasteiger partial charge in [-0.2, -0.15) is 0 Å². The summed E-state index contributed by atoms with van der Waals surface area (Å²) in [5.74, 6) is 3.10. The highest BCUT2D eigenvalue weighted by Gasteiger charge is 2.61. The standard InChI is InChI=1S/C21H34O3/c1-20-10-7-16-14(15(20)5-3-13(20)9-12-22)4-6-17-19(24)18(23)8-11-21(16,17)2/h12-19,23-24H,3-11H2,1-2H3/t13-,14+,15+,16+,17?,18+,19+,20-,21-/m1/s1. The van der Waals surface area contributed by atoms with Crippen LogP contribution in [0.5, 0.6) is 0 Å². The maximum atomic E-state index is 11.1. The monoisotopic (exact) mass is 334 g/mol. The van der Waals surface area contributed by atoms with E-state index in [0.717, 1.165) is 43.8 Å². The molecule has 4 aliphatic rings. The van der Waals surface area contributed by atoms with Gasteiger partial charge in [0, 0.05) is 6.42 Å². The number of fused-ring (bicyclic) bond motifs is 5. The molecule has 3 nitrogen and oxygen atoms in total. The van der Waals surface area contributed by atoms with E-state index >= 15 is 0 Å². The van der Waals surface area contributed by atoms with Crippen LogP contribution in [0.1, 0.15) is 71.6 Å². The molecule has 0 aliphatic heterocycles. The van der Waals surface area contributed by atoms with Crippen molar-refractivity contribution in [3.05, 3.63) is 0 Å². The zero-order valence-corrected chi connectivity index (χ0v) is 15.3. The number of carbonyl (C=O) groups excluding carboxylic acids is 1. The second-order valence-corrected chi connectivity index (χ2v) is 9.88. The molecule has 0 aromatic heterocycles. The predicted molar refractivity (Wildman–Crippen MR) is 93.3 cm³/mol. The van der Waals surface area contributed by atoms with Gasteiger partial charge in [-0.05, 0) is 91.8 Å². The highest BCUT2D eigenvalue weighted by atomic mass is 16.3. The molecule has 0 heterocycles. The molecule has 1 unspecified atom stereocenters. The predicted octanol–water partition coefficient (Wildman–Crippen LogP) is 3.57. The lowest BCUT2D eigenvalue weighted by atomic mass is 9.44. The SMILES string of the molecule is C[C@]12CC[C@H]3[C@@H](CCC4[C@H](O)[C@@H](O)CC[C@@]43C)[C@@H]1CC[C@@H]2CC=O. The van der Waals surface area contributed by atoms with Crippen LogP contribution in [0.4, 0.5) is 0 Å². The summed E-state index contributed by atoms with van der Waals surface area (Å²) >= 11 is 0. The summed E-state index contributed by atoms with van der Waals surface area (Å²) in [4.78, 5) is 11.1. The van der Waals surface area contributed by atoms with Crippen molar-refractivity contribution in [3.8, 4) is 0 Å². The summed E-state index contributed by atoms with van der Waals surface area (Å²) in [6.07, 6.45) is 9.97. The fraction of sp³-hybridized carbons (Fsp3) is 0.952. The maximum Gasteiger partial charge on any atom is 0.120 e. The third-order valence-corrected chi connectivity index (χ3v) is 9.30. The Morgan fingerprint density at radius 1 is 0.875 bits per heavy atom. The molecule has 2 N–H and O–H groups in total. The first-order valence-corrected chi connectivity index (χ1v) is 10.2. The first-order chi connectivity index (χ1) is 11.4. The smallest absolute Gasteiger partial charge is 0.120 e. The fourth-order valence-electron chi connectivity index (χ4n) is 7.93. The number of rotatable bonds is 2. The quantitative estimate of drug-likeness (QED) is 0.759. The van der Waals surface area contributed by atoms with Crippen molar-refractivity contribution in [1.29, 1.82) is 0 Å². The Bertz CT molecular complexity index is 505. The van der Waals surface area contributed by atoms with Gasteiger partial charge >= 0.3 is 0 Å². The first kappa shape index (κ1) is 17.0. The molecule has 136 valence electrons. The van der Waals surface area contributed by atoms with Crippen molar-refractivity contribution in [3.63, 3.8) is 0 Å². The lowest BCUT2D eigenvalue weighted by molar-refractivity contribution is -0.173. The summed E-state index contributed by atoms with van der Waals surface area (Å²) in [6.45, 7) is 4.87. The largest absolute Gasteiger partial charge is 0.390 e. The van der Waals surface area contributed by atoms with Gasteiger partial charge in [0.05, 0.1) is 12.2 Å². The van der Waals surface area contributed by atoms with Crippen LogP contribution in [-0.4, -0.2) is 28.7 Å². The highest BCUT2D eigenvalue weighted by Crippen LogP contribution is 2.67. The Morgan fingerprint density at radius 3 is 2.29 bits per heavy atom. The van der Waals surface area contributed by atoms with Crippen LogP contribution in [0, 0.1) is 40.4 Å². The van der Waals surface area contributed by atoms with E-state index in [1.54, 1.807) is 0 Å². The van der Waals surface area contributed by atoms with Gasteiger partial charge in [-0.25, -0.2) is 0 Å². The molecule has 0 aromatic carbocycles. The summed E-state index contributed by atoms with van der Waals surface area (Å²) in [5, 5.41) is 20.7. The van der Waals surface area contributed by atoms with Gasteiger partial charge < -0.3 is 15.0 Å². The molecule has 0 amide bonds. The van der Waals surface area contributed by atoms with Crippen molar-refractivity contribution < 1.29 is 15.0 Å². The summed E-state index contributed by atoms with van der Waals surface area (Å²) in [7, 11) is 0. The number of aliphatic hydroxyl groups excluding tert-OH is 2. The van der Waals surface area contributed by atoms with Crippen molar-refractivity contribution in [2.75, 3.05) is 0 Å². The Balaban J connectivity index is 1.61. The van der Waals surface area contributed by atoms with Crippen LogP contribution >= 0.6 is 0 Å². The fourth-order valence-corrected chi connectivity index (χ4v) is 7.93. The van der Waals surface area contributed by atoms with Gasteiger partial charge in [0.15, 0.2) is 0 Å². The van der Waals surface area contributed by atoms with Gasteiger partial charge in [0.1, 0.15) is 6.29 Å². The zero-order valence-electron chi connectivity index (χ0n) is 15.3. The lowest BCUT2D eigenvalue weighted by Gasteiger charge is -2.61. The average molecular weight is 335 g/mol. The third-order valence-electron chi connectivity index (χ3n) is 9.30. The van der Waals surface area contributed by atoms with Gasteiger partial charge in [-0.15, -0.1) is 0 Å². The average Bonchev–Trinajstić information content (AvgIpc) is 2.89. The normalized spacial score (nSPS) is 56.9. The zero-order chi connectivity index (χ0) is 17.1. The second-order valence-electron chi connectivity index (χ2n) is 9.88. The number of carbonyl (C=O) groups is 1. The van der Waals surface area contributed by atoms with Crippen LogP contribution in [-0.2, 0) is 4.79 Å². The Kier molecular flexibility index (Phi) is 4.12. The van der Waals surface area contributed by atoms with Gasteiger partial charge in [0.2, 0.25) is 0 Å². The summed E-state index contributed by atoms with van der Waals surface area (Å²) in [5.41, 5.74) is 0.559. The van der Waals surface area contributed by atoms with E-state index in [4.69, 9.17) is 0 Å². The van der Waals surface area contributed by atoms with E-state index < -0.39 is 12.2 Å². The molecule has 9 atom stereocenters. The van der Waals surface area contributed by atoms with E-state index in [9.17, 15) is 15.0 Å². The molecule has 4 fully saturated rings. The van der Waals surface area contributed by atoms with Crippen LogP contribution in [0.3, 0.4) is 0 Å². The molecule has 3 heteroatoms. The second kappa shape index (κ2) is 5.81. The molecule has 24 heavy (non-hydrogen) atoms. The maximum absolute atomic E-state index is 11.1. The van der Waals surface area contributed by atoms with Crippen LogP contribution in [0.2, 0.25) is 0 Å². The first-order valence-electron chi connectivity index (χ1n) is 10.2. The van der Waals surface area contributed by atoms with E-state index in [1.807, 2.05) is 0 Å². The molecule has 0 radical (unpaired) electrons. The van der Waals surface area contributed by atoms with Crippen molar-refractivity contribution in [2.24, 2.45) is 40.4 Å². The van der Waals surface area contributed by atoms with E-state index in [1.165, 1.54) is 32.1 Å². The number of hydrogen-bond acceptors (Lipinski definition) is 3. The van der Waals surface area contributed by atoms with Crippen molar-refractivity contribution in [2.45, 2.75) is 83.8 Å². The van der Waals surface area contributed by atoms with Crippen LogP contribution in [0.25, 0.3) is 0 Å². The molecular weight excluding hydrogens is 300 g/mol. The summed E-state index contributed by atoms with van der Waals surface area (Å²) < 4.78 is 0. The minimum Gasteiger partial charge on any atom is -0.390 e. The number of aliphatic hydroxyl groups is 2. The van der Waals surface area contributed by atoms with E-state index in [0.29, 0.717) is 17.3 Å². The molecular formula is C21H34O3. The molecule has 4 saturated carbocycles. The van der Waals surface area contributed by atoms with E-state index in [-0.39, 0.29) is 11.3 Å². The van der Waals surface area contributed by atoms with Gasteiger partial charge in [0.25, 0.3) is 0 Å².